The Morgan fingerprint density at radius 1 is 1.39 bits per heavy atom. The Balaban J connectivity index is 1.93. The van der Waals surface area contributed by atoms with Crippen LogP contribution >= 0.6 is 0 Å². The Bertz CT molecular complexity index is 479. The standard InChI is InChI=1S/C14H16N2O2/c1-3-10-4-6-11(7-5-10)9-15-12-8-13(17)16(2)14(12)18/h3-7,12,15H,1,8-9H2,2H3. The highest BCUT2D eigenvalue weighted by molar-refractivity contribution is 6.05. The van der Waals surface area contributed by atoms with E-state index in [0.717, 1.165) is 11.1 Å². The van der Waals surface area contributed by atoms with E-state index in [1.54, 1.807) is 6.08 Å². The summed E-state index contributed by atoms with van der Waals surface area (Å²) < 4.78 is 0. The Morgan fingerprint density at radius 3 is 2.56 bits per heavy atom. The van der Waals surface area contributed by atoms with Gasteiger partial charge in [-0.05, 0) is 11.1 Å². The number of benzene rings is 1. The van der Waals surface area contributed by atoms with E-state index in [1.165, 1.54) is 11.9 Å². The van der Waals surface area contributed by atoms with Gasteiger partial charge in [0.15, 0.2) is 0 Å². The van der Waals surface area contributed by atoms with Gasteiger partial charge in [0.05, 0.1) is 12.5 Å². The molecule has 18 heavy (non-hydrogen) atoms. The molecule has 1 atom stereocenters. The van der Waals surface area contributed by atoms with Crippen molar-refractivity contribution in [1.82, 2.24) is 10.2 Å². The van der Waals surface area contributed by atoms with Crippen molar-refractivity contribution in [3.05, 3.63) is 42.0 Å². The van der Waals surface area contributed by atoms with Crippen LogP contribution in [-0.2, 0) is 16.1 Å². The highest BCUT2D eigenvalue weighted by Gasteiger charge is 2.35. The summed E-state index contributed by atoms with van der Waals surface area (Å²) in [6.45, 7) is 4.27. The van der Waals surface area contributed by atoms with Crippen molar-refractivity contribution in [2.24, 2.45) is 0 Å². The molecule has 1 heterocycles. The van der Waals surface area contributed by atoms with Crippen molar-refractivity contribution < 1.29 is 9.59 Å². The second-order valence-electron chi connectivity index (χ2n) is 4.37. The van der Waals surface area contributed by atoms with E-state index < -0.39 is 0 Å². The Morgan fingerprint density at radius 2 is 2.06 bits per heavy atom. The molecule has 1 saturated heterocycles. The average Bonchev–Trinajstić information content (AvgIpc) is 2.64. The normalized spacial score (nSPS) is 19.4. The molecule has 0 aliphatic carbocycles. The molecule has 4 heteroatoms. The van der Waals surface area contributed by atoms with Crippen LogP contribution in [0.2, 0.25) is 0 Å². The van der Waals surface area contributed by atoms with E-state index in [0.29, 0.717) is 6.54 Å². The summed E-state index contributed by atoms with van der Waals surface area (Å²) in [6.07, 6.45) is 2.03. The molecule has 1 aliphatic rings. The number of carbonyl (C=O) groups is 2. The summed E-state index contributed by atoms with van der Waals surface area (Å²) in [5, 5.41) is 3.11. The number of amides is 2. The molecule has 1 aliphatic heterocycles. The lowest BCUT2D eigenvalue weighted by Gasteiger charge is -2.11. The molecule has 2 rings (SSSR count). The summed E-state index contributed by atoms with van der Waals surface area (Å²) in [6, 6.07) is 7.51. The van der Waals surface area contributed by atoms with Gasteiger partial charge in [0.1, 0.15) is 0 Å². The Kier molecular flexibility index (Phi) is 3.58. The van der Waals surface area contributed by atoms with Crippen LogP contribution in [0.5, 0.6) is 0 Å². The first-order chi connectivity index (χ1) is 8.61. The maximum Gasteiger partial charge on any atom is 0.246 e. The van der Waals surface area contributed by atoms with Crippen molar-refractivity contribution in [3.63, 3.8) is 0 Å². The van der Waals surface area contributed by atoms with Crippen LogP contribution in [-0.4, -0.2) is 29.8 Å². The first-order valence-corrected chi connectivity index (χ1v) is 5.87. The third-order valence-electron chi connectivity index (χ3n) is 3.15. The van der Waals surface area contributed by atoms with Gasteiger partial charge in [-0.2, -0.15) is 0 Å². The van der Waals surface area contributed by atoms with Crippen molar-refractivity contribution in [2.45, 2.75) is 19.0 Å². The minimum absolute atomic E-state index is 0.125. The molecular formula is C14H16N2O2. The molecule has 1 aromatic rings. The van der Waals surface area contributed by atoms with Crippen LogP contribution in [0.25, 0.3) is 6.08 Å². The predicted octanol–water partition coefficient (Wildman–Crippen LogP) is 1.18. The van der Waals surface area contributed by atoms with Crippen LogP contribution in [0.4, 0.5) is 0 Å². The lowest BCUT2D eigenvalue weighted by atomic mass is 10.1. The molecule has 1 aromatic carbocycles. The SMILES string of the molecule is C=Cc1ccc(CNC2CC(=O)N(C)C2=O)cc1. The summed E-state index contributed by atoms with van der Waals surface area (Å²) >= 11 is 0. The minimum Gasteiger partial charge on any atom is -0.301 e. The molecule has 0 saturated carbocycles. The topological polar surface area (TPSA) is 49.4 Å². The predicted molar refractivity (Wildman–Crippen MR) is 69.6 cm³/mol. The van der Waals surface area contributed by atoms with Gasteiger partial charge in [0, 0.05) is 13.6 Å². The number of imide groups is 1. The maximum atomic E-state index is 11.7. The van der Waals surface area contributed by atoms with Gasteiger partial charge in [-0.1, -0.05) is 36.9 Å². The van der Waals surface area contributed by atoms with Gasteiger partial charge < -0.3 is 5.32 Å². The van der Waals surface area contributed by atoms with E-state index in [2.05, 4.69) is 11.9 Å². The third kappa shape index (κ3) is 2.49. The van der Waals surface area contributed by atoms with Gasteiger partial charge in [0.25, 0.3) is 0 Å². The second kappa shape index (κ2) is 5.14. The van der Waals surface area contributed by atoms with Gasteiger partial charge in [-0.3, -0.25) is 14.5 Å². The number of carbonyl (C=O) groups excluding carboxylic acids is 2. The maximum absolute atomic E-state index is 11.7. The zero-order chi connectivity index (χ0) is 13.1. The minimum atomic E-state index is -0.387. The van der Waals surface area contributed by atoms with Crippen molar-refractivity contribution in [2.75, 3.05) is 7.05 Å². The van der Waals surface area contributed by atoms with Gasteiger partial charge in [-0.15, -0.1) is 0 Å². The molecule has 0 radical (unpaired) electrons. The first-order valence-electron chi connectivity index (χ1n) is 5.87. The number of hydrogen-bond acceptors (Lipinski definition) is 3. The number of rotatable bonds is 4. The molecule has 4 nitrogen and oxygen atoms in total. The molecule has 2 amide bonds. The number of likely N-dealkylation sites (N-methyl/N-ethyl adjacent to an activating group) is 1. The zero-order valence-electron chi connectivity index (χ0n) is 10.3. The first kappa shape index (κ1) is 12.5. The Hall–Kier alpha value is -1.94. The lowest BCUT2D eigenvalue weighted by molar-refractivity contribution is -0.137. The molecular weight excluding hydrogens is 228 g/mol. The van der Waals surface area contributed by atoms with Crippen LogP contribution in [0.3, 0.4) is 0 Å². The summed E-state index contributed by atoms with van der Waals surface area (Å²) in [4.78, 5) is 24.2. The molecule has 0 spiro atoms. The van der Waals surface area contributed by atoms with Gasteiger partial charge in [0.2, 0.25) is 11.8 Å². The smallest absolute Gasteiger partial charge is 0.246 e. The fourth-order valence-corrected chi connectivity index (χ4v) is 1.93. The van der Waals surface area contributed by atoms with Crippen LogP contribution in [0.1, 0.15) is 17.5 Å². The highest BCUT2D eigenvalue weighted by Crippen LogP contribution is 2.12. The fourth-order valence-electron chi connectivity index (χ4n) is 1.93. The summed E-state index contributed by atoms with van der Waals surface area (Å²) in [5.41, 5.74) is 2.14. The molecule has 0 bridgehead atoms. The number of hydrogen-bond donors (Lipinski definition) is 1. The number of nitrogens with zero attached hydrogens (tertiary/aromatic N) is 1. The number of nitrogens with one attached hydrogen (secondary N) is 1. The van der Waals surface area contributed by atoms with Crippen molar-refractivity contribution in [3.8, 4) is 0 Å². The summed E-state index contributed by atoms with van der Waals surface area (Å²) in [7, 11) is 1.52. The van der Waals surface area contributed by atoms with E-state index in [1.807, 2.05) is 24.3 Å². The highest BCUT2D eigenvalue weighted by atomic mass is 16.2. The van der Waals surface area contributed by atoms with Crippen LogP contribution in [0, 0.1) is 0 Å². The monoisotopic (exact) mass is 244 g/mol. The third-order valence-corrected chi connectivity index (χ3v) is 3.15. The Labute approximate surface area is 106 Å². The van der Waals surface area contributed by atoms with Gasteiger partial charge >= 0.3 is 0 Å². The second-order valence-corrected chi connectivity index (χ2v) is 4.37. The van der Waals surface area contributed by atoms with Crippen molar-refractivity contribution in [1.29, 1.82) is 0 Å². The summed E-state index contributed by atoms with van der Waals surface area (Å²) in [5.74, 6) is -0.276. The van der Waals surface area contributed by atoms with Crippen LogP contribution in [0.15, 0.2) is 30.8 Å². The quantitative estimate of drug-likeness (QED) is 0.809. The van der Waals surface area contributed by atoms with Crippen LogP contribution < -0.4 is 5.32 Å². The van der Waals surface area contributed by atoms with E-state index >= 15 is 0 Å². The molecule has 1 N–H and O–H groups in total. The van der Waals surface area contributed by atoms with E-state index in [-0.39, 0.29) is 24.3 Å². The zero-order valence-corrected chi connectivity index (χ0v) is 10.3. The van der Waals surface area contributed by atoms with E-state index in [4.69, 9.17) is 0 Å². The van der Waals surface area contributed by atoms with Gasteiger partial charge in [-0.25, -0.2) is 0 Å². The largest absolute Gasteiger partial charge is 0.301 e. The lowest BCUT2D eigenvalue weighted by Crippen LogP contribution is -2.36. The molecule has 0 aromatic heterocycles. The average molecular weight is 244 g/mol. The molecule has 1 unspecified atom stereocenters. The van der Waals surface area contributed by atoms with Crippen molar-refractivity contribution >= 4 is 17.9 Å². The number of likely N-dealkylation sites (tertiary alicyclic amines) is 1. The van der Waals surface area contributed by atoms with E-state index in [9.17, 15) is 9.59 Å². The molecule has 94 valence electrons. The fraction of sp³-hybridized carbons (Fsp3) is 0.286. The molecule has 1 fully saturated rings.